The van der Waals surface area contributed by atoms with Gasteiger partial charge in [-0.2, -0.15) is 13.2 Å². The minimum absolute atomic E-state index is 0.266. The van der Waals surface area contributed by atoms with E-state index in [4.69, 9.17) is 9.47 Å². The monoisotopic (exact) mass is 355 g/mol. The third kappa shape index (κ3) is 4.69. The molecule has 0 radical (unpaired) electrons. The van der Waals surface area contributed by atoms with Gasteiger partial charge in [0.25, 0.3) is 5.69 Å². The van der Waals surface area contributed by atoms with E-state index in [0.29, 0.717) is 17.4 Å². The fourth-order valence-corrected chi connectivity index (χ4v) is 2.01. The predicted octanol–water partition coefficient (Wildman–Crippen LogP) is 3.77. The van der Waals surface area contributed by atoms with Gasteiger partial charge in [0.1, 0.15) is 17.1 Å². The molecule has 0 aromatic heterocycles. The third-order valence-corrected chi connectivity index (χ3v) is 3.21. The van der Waals surface area contributed by atoms with Crippen molar-refractivity contribution in [3.05, 3.63) is 63.7 Å². The molecule has 6 nitrogen and oxygen atoms in total. The van der Waals surface area contributed by atoms with E-state index in [2.05, 4.69) is 0 Å². The Balaban J connectivity index is 2.20. The van der Waals surface area contributed by atoms with Crippen molar-refractivity contribution >= 4 is 11.7 Å². The van der Waals surface area contributed by atoms with E-state index < -0.39 is 34.1 Å². The first kappa shape index (κ1) is 18.2. The molecule has 132 valence electrons. The van der Waals surface area contributed by atoms with E-state index in [9.17, 15) is 28.1 Å². The van der Waals surface area contributed by atoms with Crippen molar-refractivity contribution in [2.45, 2.75) is 12.6 Å². The summed E-state index contributed by atoms with van der Waals surface area (Å²) in [5, 5.41) is 10.6. The van der Waals surface area contributed by atoms with Crippen LogP contribution in [0, 0.1) is 10.1 Å². The summed E-state index contributed by atoms with van der Waals surface area (Å²) in [5.74, 6) is -1.15. The second kappa shape index (κ2) is 7.20. The molecule has 0 atom stereocenters. The van der Waals surface area contributed by atoms with Crippen LogP contribution in [0.1, 0.15) is 11.1 Å². The Hall–Kier alpha value is -3.10. The number of nitrogens with zero attached hydrogens (tertiary/aromatic N) is 1. The van der Waals surface area contributed by atoms with Crippen molar-refractivity contribution in [2.75, 3.05) is 7.11 Å². The number of carbonyl (C=O) groups excluding carboxylic acids is 1. The molecule has 0 aliphatic heterocycles. The third-order valence-electron chi connectivity index (χ3n) is 3.21. The molecule has 0 bridgehead atoms. The fraction of sp³-hybridized carbons (Fsp3) is 0.188. The van der Waals surface area contributed by atoms with Crippen LogP contribution >= 0.6 is 0 Å². The van der Waals surface area contributed by atoms with Crippen LogP contribution in [-0.4, -0.2) is 18.0 Å². The lowest BCUT2D eigenvalue weighted by Gasteiger charge is -2.12. The van der Waals surface area contributed by atoms with Crippen molar-refractivity contribution in [1.29, 1.82) is 0 Å². The molecule has 0 N–H and O–H groups in total. The Morgan fingerprint density at radius 1 is 1.16 bits per heavy atom. The number of alkyl halides is 3. The Morgan fingerprint density at radius 3 is 2.32 bits per heavy atom. The zero-order valence-corrected chi connectivity index (χ0v) is 12.9. The smallest absolute Gasteiger partial charge is 0.420 e. The number of non-ortho nitro benzene ring substituents is 1. The number of nitro benzene ring substituents is 1. The summed E-state index contributed by atoms with van der Waals surface area (Å²) < 4.78 is 48.8. The average Bonchev–Trinajstić information content (AvgIpc) is 2.54. The lowest BCUT2D eigenvalue weighted by molar-refractivity contribution is -0.385. The van der Waals surface area contributed by atoms with Gasteiger partial charge >= 0.3 is 12.1 Å². The predicted molar refractivity (Wildman–Crippen MR) is 80.4 cm³/mol. The van der Waals surface area contributed by atoms with Crippen molar-refractivity contribution in [3.8, 4) is 11.5 Å². The number of carbonyl (C=O) groups is 1. The molecule has 9 heteroatoms. The standard InChI is InChI=1S/C16H12F3NO5/c1-24-12-5-2-10(3-6-12)8-15(21)25-14-7-4-11(20(22)23)9-13(14)16(17,18)19/h2-7,9H,8H2,1H3. The highest BCUT2D eigenvalue weighted by molar-refractivity contribution is 5.75. The van der Waals surface area contributed by atoms with Gasteiger partial charge in [-0.25, -0.2) is 0 Å². The van der Waals surface area contributed by atoms with Gasteiger partial charge in [0.2, 0.25) is 0 Å². The normalized spacial score (nSPS) is 11.0. The SMILES string of the molecule is COc1ccc(CC(=O)Oc2ccc([N+](=O)[O-])cc2C(F)(F)F)cc1. The number of methoxy groups -OCH3 is 1. The molecule has 2 aromatic rings. The maximum absolute atomic E-state index is 13.0. The lowest BCUT2D eigenvalue weighted by atomic mass is 10.1. The summed E-state index contributed by atoms with van der Waals surface area (Å²) in [6.45, 7) is 0. The van der Waals surface area contributed by atoms with Crippen LogP contribution < -0.4 is 9.47 Å². The first-order valence-corrected chi connectivity index (χ1v) is 6.90. The van der Waals surface area contributed by atoms with Crippen LogP contribution in [0.5, 0.6) is 11.5 Å². The lowest BCUT2D eigenvalue weighted by Crippen LogP contribution is -2.15. The fourth-order valence-electron chi connectivity index (χ4n) is 2.01. The van der Waals surface area contributed by atoms with Crippen LogP contribution in [0.15, 0.2) is 42.5 Å². The molecule has 0 saturated carbocycles. The molecule has 0 saturated heterocycles. The van der Waals surface area contributed by atoms with Crippen LogP contribution in [0.25, 0.3) is 0 Å². The van der Waals surface area contributed by atoms with E-state index in [1.54, 1.807) is 24.3 Å². The van der Waals surface area contributed by atoms with Gasteiger partial charge in [0.05, 0.1) is 18.5 Å². The summed E-state index contributed by atoms with van der Waals surface area (Å²) in [6, 6.07) is 8.25. The molecular formula is C16H12F3NO5. The molecule has 0 unspecified atom stereocenters. The van der Waals surface area contributed by atoms with Crippen LogP contribution in [0.2, 0.25) is 0 Å². The van der Waals surface area contributed by atoms with E-state index in [-0.39, 0.29) is 6.42 Å². The first-order chi connectivity index (χ1) is 11.7. The van der Waals surface area contributed by atoms with E-state index in [1.807, 2.05) is 0 Å². The minimum Gasteiger partial charge on any atom is -0.497 e. The highest BCUT2D eigenvalue weighted by atomic mass is 19.4. The van der Waals surface area contributed by atoms with E-state index >= 15 is 0 Å². The number of nitro groups is 1. The number of esters is 1. The molecule has 25 heavy (non-hydrogen) atoms. The molecule has 0 aliphatic rings. The maximum atomic E-state index is 13.0. The number of hydrogen-bond donors (Lipinski definition) is 0. The second-order valence-electron chi connectivity index (χ2n) is 4.93. The summed E-state index contributed by atoms with van der Waals surface area (Å²) in [7, 11) is 1.47. The van der Waals surface area contributed by atoms with E-state index in [0.717, 1.165) is 12.1 Å². The number of hydrogen-bond acceptors (Lipinski definition) is 5. The Bertz CT molecular complexity index is 787. The largest absolute Gasteiger partial charge is 0.497 e. The van der Waals surface area contributed by atoms with Gasteiger partial charge in [-0.3, -0.25) is 14.9 Å². The van der Waals surface area contributed by atoms with Crippen LogP contribution in [0.4, 0.5) is 18.9 Å². The van der Waals surface area contributed by atoms with Crippen molar-refractivity contribution < 1.29 is 32.4 Å². The van der Waals surface area contributed by atoms with Crippen molar-refractivity contribution in [1.82, 2.24) is 0 Å². The van der Waals surface area contributed by atoms with Crippen molar-refractivity contribution in [3.63, 3.8) is 0 Å². The van der Waals surface area contributed by atoms with Gasteiger partial charge in [-0.05, 0) is 23.8 Å². The molecule has 2 aromatic carbocycles. The second-order valence-corrected chi connectivity index (χ2v) is 4.93. The molecular weight excluding hydrogens is 343 g/mol. The quantitative estimate of drug-likeness (QED) is 0.353. The topological polar surface area (TPSA) is 78.7 Å². The zero-order chi connectivity index (χ0) is 18.6. The molecule has 0 aliphatic carbocycles. The highest BCUT2D eigenvalue weighted by Crippen LogP contribution is 2.38. The van der Waals surface area contributed by atoms with Gasteiger partial charge in [-0.1, -0.05) is 12.1 Å². The molecule has 0 spiro atoms. The van der Waals surface area contributed by atoms with Crippen LogP contribution in [-0.2, 0) is 17.4 Å². The highest BCUT2D eigenvalue weighted by Gasteiger charge is 2.36. The van der Waals surface area contributed by atoms with Gasteiger partial charge in [-0.15, -0.1) is 0 Å². The summed E-state index contributed by atoms with van der Waals surface area (Å²) >= 11 is 0. The van der Waals surface area contributed by atoms with Gasteiger partial charge in [0, 0.05) is 12.1 Å². The Morgan fingerprint density at radius 2 is 1.80 bits per heavy atom. The van der Waals surface area contributed by atoms with Gasteiger partial charge in [0.15, 0.2) is 0 Å². The van der Waals surface area contributed by atoms with Crippen molar-refractivity contribution in [2.24, 2.45) is 0 Å². The maximum Gasteiger partial charge on any atom is 0.420 e. The number of benzene rings is 2. The number of halogens is 3. The minimum atomic E-state index is -4.90. The van der Waals surface area contributed by atoms with Crippen LogP contribution in [0.3, 0.4) is 0 Å². The molecule has 2 rings (SSSR count). The number of rotatable bonds is 5. The first-order valence-electron chi connectivity index (χ1n) is 6.90. The van der Waals surface area contributed by atoms with Gasteiger partial charge < -0.3 is 9.47 Å². The Labute approximate surface area is 139 Å². The Kier molecular flexibility index (Phi) is 5.26. The summed E-state index contributed by atoms with van der Waals surface area (Å²) in [6.07, 6.45) is -5.17. The zero-order valence-electron chi connectivity index (χ0n) is 12.9. The van der Waals surface area contributed by atoms with E-state index in [1.165, 1.54) is 7.11 Å². The molecule has 0 amide bonds. The molecule has 0 heterocycles. The number of ether oxygens (including phenoxy) is 2. The summed E-state index contributed by atoms with van der Waals surface area (Å²) in [4.78, 5) is 21.5. The summed E-state index contributed by atoms with van der Waals surface area (Å²) in [5.41, 5.74) is -1.62. The average molecular weight is 355 g/mol. The molecule has 0 fully saturated rings.